The molecule has 0 bridgehead atoms. The monoisotopic (exact) mass is 289 g/mol. The van der Waals surface area contributed by atoms with Crippen molar-refractivity contribution in [2.24, 2.45) is 0 Å². The Morgan fingerprint density at radius 1 is 1.35 bits per heavy atom. The number of aromatic nitrogens is 2. The largest absolute Gasteiger partial charge is 0.497 e. The molecule has 0 fully saturated rings. The second-order valence-electron chi connectivity index (χ2n) is 4.41. The molecule has 2 aromatic rings. The summed E-state index contributed by atoms with van der Waals surface area (Å²) in [5.74, 6) is 1.74. The van der Waals surface area contributed by atoms with Gasteiger partial charge in [-0.3, -0.25) is 0 Å². The standard InChI is InChI=1S/C15H19N3OS/c1-11-7-8-17-15(18-11)20-10-14(16-2)12-5-4-6-13(9-12)19-3/h4-9,14,16H,10H2,1-3H3. The summed E-state index contributed by atoms with van der Waals surface area (Å²) in [7, 11) is 3.64. The van der Waals surface area contributed by atoms with Gasteiger partial charge in [-0.1, -0.05) is 23.9 Å². The normalized spacial score (nSPS) is 12.2. The fourth-order valence-electron chi connectivity index (χ4n) is 1.86. The summed E-state index contributed by atoms with van der Waals surface area (Å²) in [6.45, 7) is 1.98. The number of nitrogens with one attached hydrogen (secondary N) is 1. The van der Waals surface area contributed by atoms with Gasteiger partial charge in [0, 0.05) is 23.7 Å². The topological polar surface area (TPSA) is 47.0 Å². The second-order valence-corrected chi connectivity index (χ2v) is 5.40. The Balaban J connectivity index is 2.05. The van der Waals surface area contributed by atoms with Crippen LogP contribution in [0.1, 0.15) is 17.3 Å². The molecule has 1 atom stereocenters. The number of benzene rings is 1. The lowest BCUT2D eigenvalue weighted by Gasteiger charge is -2.16. The molecule has 4 nitrogen and oxygen atoms in total. The van der Waals surface area contributed by atoms with Crippen LogP contribution < -0.4 is 10.1 Å². The van der Waals surface area contributed by atoms with Gasteiger partial charge in [-0.25, -0.2) is 9.97 Å². The molecule has 0 aliphatic carbocycles. The van der Waals surface area contributed by atoms with Crippen LogP contribution in [0.3, 0.4) is 0 Å². The molecular weight excluding hydrogens is 270 g/mol. The van der Waals surface area contributed by atoms with Gasteiger partial charge in [0.25, 0.3) is 0 Å². The molecule has 0 aliphatic heterocycles. The molecule has 5 heteroatoms. The summed E-state index contributed by atoms with van der Waals surface area (Å²) in [5, 5.41) is 4.14. The first-order valence-corrected chi connectivity index (χ1v) is 7.45. The van der Waals surface area contributed by atoms with Gasteiger partial charge in [-0.05, 0) is 37.7 Å². The average molecular weight is 289 g/mol. The Labute approximate surface area is 124 Å². The lowest BCUT2D eigenvalue weighted by molar-refractivity contribution is 0.413. The molecule has 0 radical (unpaired) electrons. The molecule has 1 N–H and O–H groups in total. The van der Waals surface area contributed by atoms with E-state index in [0.717, 1.165) is 22.4 Å². The summed E-state index contributed by atoms with van der Waals surface area (Å²) in [5.41, 5.74) is 2.19. The lowest BCUT2D eigenvalue weighted by Crippen LogP contribution is -2.18. The van der Waals surface area contributed by atoms with E-state index in [-0.39, 0.29) is 6.04 Å². The van der Waals surface area contributed by atoms with Gasteiger partial charge < -0.3 is 10.1 Å². The van der Waals surface area contributed by atoms with E-state index in [9.17, 15) is 0 Å². The minimum atomic E-state index is 0.235. The van der Waals surface area contributed by atoms with Crippen LogP contribution >= 0.6 is 11.8 Å². The number of thioether (sulfide) groups is 1. The Morgan fingerprint density at radius 3 is 2.90 bits per heavy atom. The van der Waals surface area contributed by atoms with Crippen LogP contribution in [0.5, 0.6) is 5.75 Å². The maximum absolute atomic E-state index is 5.27. The van der Waals surface area contributed by atoms with Crippen LogP contribution in [0, 0.1) is 6.92 Å². The van der Waals surface area contributed by atoms with Gasteiger partial charge >= 0.3 is 0 Å². The van der Waals surface area contributed by atoms with Crippen LogP contribution in [0.15, 0.2) is 41.7 Å². The third-order valence-electron chi connectivity index (χ3n) is 3.00. The fraction of sp³-hybridized carbons (Fsp3) is 0.333. The average Bonchev–Trinajstić information content (AvgIpc) is 2.48. The van der Waals surface area contributed by atoms with Crippen molar-refractivity contribution in [3.05, 3.63) is 47.8 Å². The summed E-state index contributed by atoms with van der Waals surface area (Å²) in [6, 6.07) is 10.3. The van der Waals surface area contributed by atoms with E-state index in [1.807, 2.05) is 32.2 Å². The zero-order valence-corrected chi connectivity index (χ0v) is 12.8. The molecule has 1 unspecified atom stereocenters. The molecule has 106 valence electrons. The highest BCUT2D eigenvalue weighted by Gasteiger charge is 2.11. The maximum atomic E-state index is 5.27. The summed E-state index contributed by atoms with van der Waals surface area (Å²) >= 11 is 1.65. The van der Waals surface area contributed by atoms with Gasteiger partial charge in [-0.2, -0.15) is 0 Å². The SMILES string of the molecule is CNC(CSc1nccc(C)n1)c1cccc(OC)c1. The van der Waals surface area contributed by atoms with Crippen molar-refractivity contribution in [3.8, 4) is 5.75 Å². The molecule has 0 aliphatic rings. The van der Waals surface area contributed by atoms with E-state index in [1.54, 1.807) is 25.1 Å². The van der Waals surface area contributed by atoms with E-state index < -0.39 is 0 Å². The zero-order chi connectivity index (χ0) is 14.4. The molecule has 0 spiro atoms. The predicted molar refractivity (Wildman–Crippen MR) is 82.3 cm³/mol. The van der Waals surface area contributed by atoms with E-state index in [4.69, 9.17) is 4.74 Å². The third-order valence-corrected chi connectivity index (χ3v) is 3.95. The van der Waals surface area contributed by atoms with E-state index in [1.165, 1.54) is 5.56 Å². The lowest BCUT2D eigenvalue weighted by atomic mass is 10.1. The summed E-state index contributed by atoms with van der Waals surface area (Å²) < 4.78 is 5.27. The highest BCUT2D eigenvalue weighted by molar-refractivity contribution is 7.99. The van der Waals surface area contributed by atoms with Crippen molar-refractivity contribution in [1.82, 2.24) is 15.3 Å². The summed E-state index contributed by atoms with van der Waals surface area (Å²) in [6.07, 6.45) is 1.80. The van der Waals surface area contributed by atoms with Gasteiger partial charge in [0.05, 0.1) is 7.11 Å². The molecule has 0 saturated carbocycles. The number of hydrogen-bond donors (Lipinski definition) is 1. The molecular formula is C15H19N3OS. The highest BCUT2D eigenvalue weighted by Crippen LogP contribution is 2.24. The van der Waals surface area contributed by atoms with E-state index in [2.05, 4.69) is 27.4 Å². The van der Waals surface area contributed by atoms with Crippen LogP contribution in [-0.2, 0) is 0 Å². The molecule has 1 aromatic heterocycles. The first-order valence-electron chi connectivity index (χ1n) is 6.46. The smallest absolute Gasteiger partial charge is 0.187 e. The van der Waals surface area contributed by atoms with Gasteiger partial charge in [0.1, 0.15) is 5.75 Å². The Hall–Kier alpha value is -1.59. The van der Waals surface area contributed by atoms with Crippen LogP contribution in [0.4, 0.5) is 0 Å². The number of aryl methyl sites for hydroxylation is 1. The Kier molecular flexibility index (Phi) is 5.38. The number of nitrogens with zero attached hydrogens (tertiary/aromatic N) is 2. The first-order chi connectivity index (χ1) is 9.72. The van der Waals surface area contributed by atoms with Crippen molar-refractivity contribution < 1.29 is 4.74 Å². The maximum Gasteiger partial charge on any atom is 0.187 e. The third kappa shape index (κ3) is 3.95. The van der Waals surface area contributed by atoms with Crippen LogP contribution in [0.2, 0.25) is 0 Å². The van der Waals surface area contributed by atoms with Crippen molar-refractivity contribution in [2.45, 2.75) is 18.1 Å². The number of rotatable bonds is 6. The summed E-state index contributed by atoms with van der Waals surface area (Å²) in [4.78, 5) is 8.68. The molecule has 2 rings (SSSR count). The highest BCUT2D eigenvalue weighted by atomic mass is 32.2. The minimum Gasteiger partial charge on any atom is -0.497 e. The van der Waals surface area contributed by atoms with Gasteiger partial charge in [0.2, 0.25) is 0 Å². The molecule has 1 heterocycles. The second kappa shape index (κ2) is 7.26. The first kappa shape index (κ1) is 14.8. The molecule has 0 amide bonds. The van der Waals surface area contributed by atoms with Crippen molar-refractivity contribution in [2.75, 3.05) is 19.9 Å². The quantitative estimate of drug-likeness (QED) is 0.654. The number of methoxy groups -OCH3 is 1. The predicted octanol–water partition coefficient (Wildman–Crippen LogP) is 2.85. The fourth-order valence-corrected chi connectivity index (χ4v) is 2.88. The van der Waals surface area contributed by atoms with Crippen LogP contribution in [-0.4, -0.2) is 29.9 Å². The number of hydrogen-bond acceptors (Lipinski definition) is 5. The molecule has 20 heavy (non-hydrogen) atoms. The molecule has 1 aromatic carbocycles. The zero-order valence-electron chi connectivity index (χ0n) is 12.0. The Bertz CT molecular complexity index is 562. The molecule has 0 saturated heterocycles. The van der Waals surface area contributed by atoms with E-state index in [0.29, 0.717) is 0 Å². The van der Waals surface area contributed by atoms with Gasteiger partial charge in [0.15, 0.2) is 5.16 Å². The van der Waals surface area contributed by atoms with Crippen molar-refractivity contribution in [1.29, 1.82) is 0 Å². The Morgan fingerprint density at radius 2 is 2.20 bits per heavy atom. The van der Waals surface area contributed by atoms with Crippen LogP contribution in [0.25, 0.3) is 0 Å². The van der Waals surface area contributed by atoms with E-state index >= 15 is 0 Å². The van der Waals surface area contributed by atoms with Gasteiger partial charge in [-0.15, -0.1) is 0 Å². The number of ether oxygens (including phenoxy) is 1. The van der Waals surface area contributed by atoms with Crippen molar-refractivity contribution >= 4 is 11.8 Å². The van der Waals surface area contributed by atoms with Crippen molar-refractivity contribution in [3.63, 3.8) is 0 Å². The minimum absolute atomic E-state index is 0.235.